The lowest BCUT2D eigenvalue weighted by atomic mass is 10.1. The maximum Gasteiger partial charge on any atom is 0.573 e. The summed E-state index contributed by atoms with van der Waals surface area (Å²) in [7, 11) is 0. The largest absolute Gasteiger partial charge is 0.573 e. The first-order chi connectivity index (χ1) is 9.01. The molecule has 2 unspecified atom stereocenters. The summed E-state index contributed by atoms with van der Waals surface area (Å²) in [5.41, 5.74) is 0.948. The molecule has 2 fully saturated rings. The van der Waals surface area contributed by atoms with Crippen molar-refractivity contribution < 1.29 is 17.9 Å². The van der Waals surface area contributed by atoms with Crippen LogP contribution < -0.4 is 10.1 Å². The average Bonchev–Trinajstić information content (AvgIpc) is 3.20. The highest BCUT2D eigenvalue weighted by Gasteiger charge is 2.39. The summed E-state index contributed by atoms with van der Waals surface area (Å²) in [6.45, 7) is 0.972. The molecule has 0 spiro atoms. The quantitative estimate of drug-likeness (QED) is 0.885. The van der Waals surface area contributed by atoms with Crippen LogP contribution in [0, 0.1) is 5.92 Å². The van der Waals surface area contributed by atoms with Crippen molar-refractivity contribution in [2.24, 2.45) is 5.92 Å². The van der Waals surface area contributed by atoms with Crippen LogP contribution in [0.5, 0.6) is 5.75 Å². The predicted molar refractivity (Wildman–Crippen MR) is 65.0 cm³/mol. The predicted octanol–water partition coefficient (Wildman–Crippen LogP) is 3.44. The van der Waals surface area contributed by atoms with E-state index in [9.17, 15) is 13.2 Å². The SMILES string of the molecule is FC(F)(F)Oc1cccc(C2CC2CNC2CC2)c1. The van der Waals surface area contributed by atoms with Crippen molar-refractivity contribution in [1.29, 1.82) is 0 Å². The molecule has 0 radical (unpaired) electrons. The van der Waals surface area contributed by atoms with Crippen molar-refractivity contribution in [3.63, 3.8) is 0 Å². The Bertz CT molecular complexity index is 456. The van der Waals surface area contributed by atoms with Crippen molar-refractivity contribution in [2.75, 3.05) is 6.54 Å². The van der Waals surface area contributed by atoms with E-state index in [1.54, 1.807) is 6.07 Å². The third-order valence-corrected chi connectivity index (χ3v) is 3.69. The summed E-state index contributed by atoms with van der Waals surface area (Å²) in [5.74, 6) is 0.815. The molecule has 2 saturated carbocycles. The number of alkyl halides is 3. The van der Waals surface area contributed by atoms with Crippen LogP contribution in [0.2, 0.25) is 0 Å². The van der Waals surface area contributed by atoms with E-state index in [4.69, 9.17) is 0 Å². The Morgan fingerprint density at radius 1 is 1.26 bits per heavy atom. The highest BCUT2D eigenvalue weighted by molar-refractivity contribution is 5.34. The molecule has 5 heteroatoms. The zero-order valence-electron chi connectivity index (χ0n) is 10.4. The van der Waals surface area contributed by atoms with Gasteiger partial charge < -0.3 is 10.1 Å². The molecule has 0 aromatic heterocycles. The van der Waals surface area contributed by atoms with Gasteiger partial charge in [0.15, 0.2) is 0 Å². The van der Waals surface area contributed by atoms with Crippen molar-refractivity contribution in [3.05, 3.63) is 29.8 Å². The zero-order chi connectivity index (χ0) is 13.5. The number of nitrogens with one attached hydrogen (secondary N) is 1. The maximum absolute atomic E-state index is 12.2. The first-order valence-corrected chi connectivity index (χ1v) is 6.60. The smallest absolute Gasteiger partial charge is 0.406 e. The minimum Gasteiger partial charge on any atom is -0.406 e. The number of halogens is 3. The first-order valence-electron chi connectivity index (χ1n) is 6.60. The molecular weight excluding hydrogens is 255 g/mol. The highest BCUT2D eigenvalue weighted by atomic mass is 19.4. The monoisotopic (exact) mass is 271 g/mol. The molecule has 1 aromatic carbocycles. The molecule has 0 aliphatic heterocycles. The van der Waals surface area contributed by atoms with Crippen LogP contribution in [0.4, 0.5) is 13.2 Å². The Hall–Kier alpha value is -1.23. The fourth-order valence-electron chi connectivity index (χ4n) is 2.43. The van der Waals surface area contributed by atoms with Crippen LogP contribution in [0.15, 0.2) is 24.3 Å². The second-order valence-electron chi connectivity index (χ2n) is 5.41. The summed E-state index contributed by atoms with van der Waals surface area (Å²) >= 11 is 0. The van der Waals surface area contributed by atoms with Crippen LogP contribution in [0.3, 0.4) is 0 Å². The van der Waals surface area contributed by atoms with Crippen LogP contribution >= 0.6 is 0 Å². The van der Waals surface area contributed by atoms with E-state index >= 15 is 0 Å². The second kappa shape index (κ2) is 4.71. The Labute approximate surface area is 109 Å². The molecule has 3 rings (SSSR count). The van der Waals surface area contributed by atoms with Gasteiger partial charge in [-0.15, -0.1) is 13.2 Å². The molecule has 104 valence electrons. The highest BCUT2D eigenvalue weighted by Crippen LogP contribution is 2.48. The molecule has 1 aromatic rings. The lowest BCUT2D eigenvalue weighted by molar-refractivity contribution is -0.274. The molecular formula is C14H16F3NO. The fourth-order valence-corrected chi connectivity index (χ4v) is 2.43. The van der Waals surface area contributed by atoms with E-state index in [1.807, 2.05) is 6.07 Å². The van der Waals surface area contributed by atoms with Gasteiger partial charge in [0.25, 0.3) is 0 Å². The van der Waals surface area contributed by atoms with Gasteiger partial charge >= 0.3 is 6.36 Å². The van der Waals surface area contributed by atoms with E-state index < -0.39 is 6.36 Å². The van der Waals surface area contributed by atoms with Crippen LogP contribution in [0.25, 0.3) is 0 Å². The maximum atomic E-state index is 12.2. The normalized spacial score (nSPS) is 26.3. The van der Waals surface area contributed by atoms with Crippen LogP contribution in [-0.2, 0) is 0 Å². The molecule has 2 atom stereocenters. The van der Waals surface area contributed by atoms with Gasteiger partial charge in [-0.1, -0.05) is 12.1 Å². The van der Waals surface area contributed by atoms with Crippen LogP contribution in [0.1, 0.15) is 30.7 Å². The average molecular weight is 271 g/mol. The molecule has 0 heterocycles. The zero-order valence-corrected chi connectivity index (χ0v) is 10.4. The van der Waals surface area contributed by atoms with Crippen molar-refractivity contribution in [2.45, 2.75) is 37.6 Å². The number of hydrogen-bond acceptors (Lipinski definition) is 2. The molecule has 2 aliphatic carbocycles. The van der Waals surface area contributed by atoms with Gasteiger partial charge in [0.1, 0.15) is 5.75 Å². The molecule has 0 amide bonds. The molecule has 0 bridgehead atoms. The summed E-state index contributed by atoms with van der Waals surface area (Å²) in [4.78, 5) is 0. The van der Waals surface area contributed by atoms with Gasteiger partial charge in [-0.25, -0.2) is 0 Å². The summed E-state index contributed by atoms with van der Waals surface area (Å²) in [5, 5.41) is 3.46. The first kappa shape index (κ1) is 12.8. The van der Waals surface area contributed by atoms with Gasteiger partial charge in [0.05, 0.1) is 0 Å². The Kier molecular flexibility index (Phi) is 3.17. The lowest BCUT2D eigenvalue weighted by Crippen LogP contribution is -2.19. The van der Waals surface area contributed by atoms with E-state index in [-0.39, 0.29) is 5.75 Å². The van der Waals surface area contributed by atoms with E-state index in [0.29, 0.717) is 17.9 Å². The minimum absolute atomic E-state index is 0.120. The summed E-state index contributed by atoms with van der Waals surface area (Å²) in [6.07, 6.45) is -1.05. The molecule has 0 saturated heterocycles. The number of rotatable bonds is 5. The Morgan fingerprint density at radius 2 is 2.05 bits per heavy atom. The molecule has 19 heavy (non-hydrogen) atoms. The number of benzene rings is 1. The molecule has 2 aliphatic rings. The number of ether oxygens (including phenoxy) is 1. The van der Waals surface area contributed by atoms with Gasteiger partial charge in [-0.05, 0) is 55.3 Å². The molecule has 1 N–H and O–H groups in total. The summed E-state index contributed by atoms with van der Waals surface area (Å²) < 4.78 is 40.4. The minimum atomic E-state index is -4.62. The topological polar surface area (TPSA) is 21.3 Å². The van der Waals surface area contributed by atoms with Gasteiger partial charge in [-0.3, -0.25) is 0 Å². The molecule has 2 nitrogen and oxygen atoms in total. The van der Waals surface area contributed by atoms with Crippen molar-refractivity contribution in [3.8, 4) is 5.75 Å². The third kappa shape index (κ3) is 3.62. The van der Waals surface area contributed by atoms with E-state index in [1.165, 1.54) is 25.0 Å². The van der Waals surface area contributed by atoms with Crippen molar-refractivity contribution >= 4 is 0 Å². The van der Waals surface area contributed by atoms with E-state index in [0.717, 1.165) is 18.5 Å². The third-order valence-electron chi connectivity index (χ3n) is 3.69. The Morgan fingerprint density at radius 3 is 2.74 bits per heavy atom. The Balaban J connectivity index is 1.57. The van der Waals surface area contributed by atoms with Gasteiger partial charge in [-0.2, -0.15) is 0 Å². The summed E-state index contributed by atoms with van der Waals surface area (Å²) in [6, 6.07) is 7.04. The van der Waals surface area contributed by atoms with Crippen LogP contribution in [-0.4, -0.2) is 18.9 Å². The fraction of sp³-hybridized carbons (Fsp3) is 0.571. The standard InChI is InChI=1S/C14H16F3NO/c15-14(16,17)19-12-3-1-2-9(6-12)13-7-10(13)8-18-11-4-5-11/h1-3,6,10-11,13,18H,4-5,7-8H2. The van der Waals surface area contributed by atoms with Gasteiger partial charge in [0, 0.05) is 6.04 Å². The second-order valence-corrected chi connectivity index (χ2v) is 5.41. The van der Waals surface area contributed by atoms with Crippen molar-refractivity contribution in [1.82, 2.24) is 5.32 Å². The van der Waals surface area contributed by atoms with Gasteiger partial charge in [0.2, 0.25) is 0 Å². The van der Waals surface area contributed by atoms with E-state index in [2.05, 4.69) is 10.1 Å². The lowest BCUT2D eigenvalue weighted by Gasteiger charge is -2.10. The number of hydrogen-bond donors (Lipinski definition) is 1.